The standard InChI is InChI=1S/C78H141NO13/c1-3-5-7-9-11-13-15-17-19-21-23-25-27-29-31-32-33-34-36-37-39-41-43-45-47-49-51-53-55-57-59-61-67(82)66(65-89-77-75(88)73(86)76(69(64-81)91-77)92-78-74(87)72(85)71(84)68(63-80)90-78)79-70(83)62-60-58-56-54-52-50-48-46-44-42-40-38-35-30-28-26-24-22-20-18-16-14-12-10-8-6-4-2/h6,8,12,14,18,20,24,26,51,53,59,61,66-69,71-78,80-82,84-88H,3-5,7,9-11,13,15-17,19,21-23,25,27-50,52,54-58,60,62-65H2,1-2H3,(H,79,83)/b8-6-,14-12-,20-18-,26-24-,53-51+,61-59+. The minimum atomic E-state index is -1.79. The van der Waals surface area contributed by atoms with Gasteiger partial charge in [-0.15, -0.1) is 0 Å². The molecule has 2 saturated heterocycles. The fourth-order valence-corrected chi connectivity index (χ4v) is 12.4. The van der Waals surface area contributed by atoms with Gasteiger partial charge in [0, 0.05) is 6.42 Å². The molecule has 0 aromatic heterocycles. The normalized spacial score (nSPS) is 23.1. The SMILES string of the molecule is CC/C=C\C/C=C\C/C=C\C/C=C\CCCCCCCCCCCCCCCCC(=O)NC(COC1OC(CO)C(OC2OC(CO)C(O)C(O)C2O)C(O)C1O)C(O)/C=C/CC/C=C/CCCCCCCCCCCCCCCCCCCCCCCCCCC. The van der Waals surface area contributed by atoms with E-state index in [1.165, 1.54) is 231 Å². The van der Waals surface area contributed by atoms with Crippen molar-refractivity contribution in [2.24, 2.45) is 0 Å². The Morgan fingerprint density at radius 3 is 1.20 bits per heavy atom. The third-order valence-corrected chi connectivity index (χ3v) is 18.4. The molecule has 2 fully saturated rings. The number of amides is 1. The van der Waals surface area contributed by atoms with Crippen LogP contribution in [0.3, 0.4) is 0 Å². The molecule has 2 aliphatic heterocycles. The maximum absolute atomic E-state index is 13.4. The molecule has 2 heterocycles. The Balaban J connectivity index is 1.66. The van der Waals surface area contributed by atoms with Gasteiger partial charge in [-0.1, -0.05) is 318 Å². The molecule has 0 aromatic carbocycles. The van der Waals surface area contributed by atoms with Crippen molar-refractivity contribution in [1.29, 1.82) is 0 Å². The van der Waals surface area contributed by atoms with Gasteiger partial charge in [0.25, 0.3) is 0 Å². The fourth-order valence-electron chi connectivity index (χ4n) is 12.4. The zero-order valence-corrected chi connectivity index (χ0v) is 58.5. The zero-order chi connectivity index (χ0) is 66.6. The number of nitrogens with one attached hydrogen (secondary N) is 1. The van der Waals surface area contributed by atoms with Crippen molar-refractivity contribution in [2.45, 2.75) is 396 Å². The van der Waals surface area contributed by atoms with Gasteiger partial charge in [0.2, 0.25) is 5.91 Å². The Kier molecular flexibility index (Phi) is 57.6. The van der Waals surface area contributed by atoms with Crippen LogP contribution in [-0.2, 0) is 23.7 Å². The molecule has 92 heavy (non-hydrogen) atoms. The summed E-state index contributed by atoms with van der Waals surface area (Å²) in [6.07, 6.45) is 68.3. The van der Waals surface area contributed by atoms with Gasteiger partial charge < -0.3 is 65.1 Å². The summed E-state index contributed by atoms with van der Waals surface area (Å²) in [6.45, 7) is 2.71. The molecule has 0 radical (unpaired) electrons. The van der Waals surface area contributed by atoms with Gasteiger partial charge >= 0.3 is 0 Å². The number of hydrogen-bond acceptors (Lipinski definition) is 13. The topological polar surface area (TPSA) is 228 Å². The van der Waals surface area contributed by atoms with Crippen LogP contribution in [0.5, 0.6) is 0 Å². The quantitative estimate of drug-likeness (QED) is 0.0204. The predicted molar refractivity (Wildman–Crippen MR) is 378 cm³/mol. The fraction of sp³-hybridized carbons (Fsp3) is 0.833. The van der Waals surface area contributed by atoms with Crippen LogP contribution < -0.4 is 5.32 Å². The van der Waals surface area contributed by atoms with Crippen LogP contribution in [-0.4, -0.2) is 140 Å². The summed E-state index contributed by atoms with van der Waals surface area (Å²) in [5.41, 5.74) is 0. The smallest absolute Gasteiger partial charge is 0.220 e. The molecular formula is C78H141NO13. The Morgan fingerprint density at radius 1 is 0.402 bits per heavy atom. The zero-order valence-electron chi connectivity index (χ0n) is 58.5. The summed E-state index contributed by atoms with van der Waals surface area (Å²) in [5, 5.41) is 87.6. The lowest BCUT2D eigenvalue weighted by Gasteiger charge is -2.46. The van der Waals surface area contributed by atoms with Crippen LogP contribution in [0.1, 0.15) is 322 Å². The lowest BCUT2D eigenvalue weighted by molar-refractivity contribution is -0.359. The molecule has 0 aliphatic carbocycles. The first kappa shape index (κ1) is 85.5. The van der Waals surface area contributed by atoms with Crippen molar-refractivity contribution in [3.63, 3.8) is 0 Å². The van der Waals surface area contributed by atoms with Gasteiger partial charge in [-0.2, -0.15) is 0 Å². The number of carbonyl (C=O) groups excluding carboxylic acids is 1. The van der Waals surface area contributed by atoms with Gasteiger partial charge in [-0.05, 0) is 70.6 Å². The number of ether oxygens (including phenoxy) is 4. The van der Waals surface area contributed by atoms with Crippen LogP contribution in [0, 0.1) is 0 Å². The van der Waals surface area contributed by atoms with E-state index in [2.05, 4.69) is 79.9 Å². The van der Waals surface area contributed by atoms with Crippen molar-refractivity contribution in [2.75, 3.05) is 19.8 Å². The van der Waals surface area contributed by atoms with Crippen LogP contribution in [0.25, 0.3) is 0 Å². The second-order valence-electron chi connectivity index (χ2n) is 26.7. The third-order valence-electron chi connectivity index (χ3n) is 18.4. The molecular weight excluding hydrogens is 1160 g/mol. The van der Waals surface area contributed by atoms with E-state index in [-0.39, 0.29) is 18.9 Å². The van der Waals surface area contributed by atoms with E-state index in [0.29, 0.717) is 12.8 Å². The van der Waals surface area contributed by atoms with E-state index in [1.807, 2.05) is 6.08 Å². The van der Waals surface area contributed by atoms with Crippen LogP contribution >= 0.6 is 0 Å². The van der Waals surface area contributed by atoms with Gasteiger partial charge in [-0.25, -0.2) is 0 Å². The number of allylic oxidation sites excluding steroid dienone is 11. The van der Waals surface area contributed by atoms with E-state index >= 15 is 0 Å². The molecule has 14 heteroatoms. The molecule has 12 atom stereocenters. The molecule has 0 aromatic rings. The summed E-state index contributed by atoms with van der Waals surface area (Å²) in [6, 6.07) is -0.937. The Bertz CT molecular complexity index is 1820. The largest absolute Gasteiger partial charge is 0.394 e. The summed E-state index contributed by atoms with van der Waals surface area (Å²) >= 11 is 0. The monoisotopic (exact) mass is 1300 g/mol. The predicted octanol–water partition coefficient (Wildman–Crippen LogP) is 16.6. The molecule has 14 nitrogen and oxygen atoms in total. The Morgan fingerprint density at radius 2 is 0.761 bits per heavy atom. The maximum Gasteiger partial charge on any atom is 0.220 e. The summed E-state index contributed by atoms with van der Waals surface area (Å²) < 4.78 is 22.9. The highest BCUT2D eigenvalue weighted by atomic mass is 16.7. The number of aliphatic hydroxyl groups is 8. The molecule has 2 rings (SSSR count). The molecule has 2 aliphatic rings. The van der Waals surface area contributed by atoms with Crippen LogP contribution in [0.4, 0.5) is 0 Å². The highest BCUT2D eigenvalue weighted by Gasteiger charge is 2.51. The second kappa shape index (κ2) is 62.0. The van der Waals surface area contributed by atoms with Crippen molar-refractivity contribution < 1.29 is 64.6 Å². The van der Waals surface area contributed by atoms with E-state index in [4.69, 9.17) is 18.9 Å². The molecule has 0 bridgehead atoms. The number of unbranched alkanes of at least 4 members (excludes halogenated alkanes) is 40. The van der Waals surface area contributed by atoms with Crippen molar-refractivity contribution in [3.05, 3.63) is 72.9 Å². The number of hydrogen-bond donors (Lipinski definition) is 9. The highest BCUT2D eigenvalue weighted by molar-refractivity contribution is 5.76. The first-order valence-corrected chi connectivity index (χ1v) is 38.2. The van der Waals surface area contributed by atoms with E-state index in [1.54, 1.807) is 6.08 Å². The van der Waals surface area contributed by atoms with Gasteiger partial charge in [-0.3, -0.25) is 4.79 Å². The van der Waals surface area contributed by atoms with Gasteiger partial charge in [0.05, 0.1) is 32.0 Å². The minimum absolute atomic E-state index is 0.248. The van der Waals surface area contributed by atoms with Crippen LogP contribution in [0.15, 0.2) is 72.9 Å². The lowest BCUT2D eigenvalue weighted by atomic mass is 9.97. The van der Waals surface area contributed by atoms with Gasteiger partial charge in [0.15, 0.2) is 12.6 Å². The number of aliphatic hydroxyl groups excluding tert-OH is 8. The highest BCUT2D eigenvalue weighted by Crippen LogP contribution is 2.30. The molecule has 1 amide bonds. The molecule has 12 unspecified atom stereocenters. The van der Waals surface area contributed by atoms with E-state index in [0.717, 1.165) is 57.8 Å². The summed E-state index contributed by atoms with van der Waals surface area (Å²) in [7, 11) is 0. The summed E-state index contributed by atoms with van der Waals surface area (Å²) in [4.78, 5) is 13.4. The first-order chi connectivity index (χ1) is 45.1. The van der Waals surface area contributed by atoms with Crippen LogP contribution in [0.2, 0.25) is 0 Å². The third kappa shape index (κ3) is 45.0. The number of carbonyl (C=O) groups is 1. The maximum atomic E-state index is 13.4. The first-order valence-electron chi connectivity index (χ1n) is 38.2. The Labute approximate surface area is 561 Å². The van der Waals surface area contributed by atoms with E-state index < -0.39 is 86.8 Å². The van der Waals surface area contributed by atoms with Crippen molar-refractivity contribution in [3.8, 4) is 0 Å². The molecule has 9 N–H and O–H groups in total. The Hall–Kier alpha value is -2.57. The molecule has 536 valence electrons. The minimum Gasteiger partial charge on any atom is -0.394 e. The lowest BCUT2D eigenvalue weighted by Crippen LogP contribution is -2.65. The molecule has 0 spiro atoms. The summed E-state index contributed by atoms with van der Waals surface area (Å²) in [5.74, 6) is -0.248. The second-order valence-corrected chi connectivity index (χ2v) is 26.7. The van der Waals surface area contributed by atoms with Gasteiger partial charge in [0.1, 0.15) is 48.8 Å². The average molecular weight is 1300 g/mol. The number of rotatable bonds is 63. The molecule has 0 saturated carbocycles. The van der Waals surface area contributed by atoms with Crippen molar-refractivity contribution >= 4 is 5.91 Å². The van der Waals surface area contributed by atoms with E-state index in [9.17, 15) is 45.6 Å². The van der Waals surface area contributed by atoms with Crippen molar-refractivity contribution in [1.82, 2.24) is 5.32 Å². The average Bonchev–Trinajstić information content (AvgIpc) is 0.882.